The van der Waals surface area contributed by atoms with Gasteiger partial charge in [0.05, 0.1) is 10.4 Å². The molecular formula is C13H15BrClNO4S. The number of carboxylic acids is 1. The molecule has 0 bridgehead atoms. The van der Waals surface area contributed by atoms with Gasteiger partial charge in [0, 0.05) is 17.6 Å². The van der Waals surface area contributed by atoms with E-state index in [0.717, 1.165) is 0 Å². The first-order valence-electron chi connectivity index (χ1n) is 6.35. The predicted molar refractivity (Wildman–Crippen MR) is 82.9 cm³/mol. The molecule has 21 heavy (non-hydrogen) atoms. The summed E-state index contributed by atoms with van der Waals surface area (Å²) >= 11 is 9.24. The smallest absolute Gasteiger partial charge is 0.310 e. The highest BCUT2D eigenvalue weighted by molar-refractivity contribution is 9.10. The van der Waals surface area contributed by atoms with Crippen molar-refractivity contribution in [3.8, 4) is 0 Å². The van der Waals surface area contributed by atoms with Gasteiger partial charge in [-0.25, -0.2) is 8.42 Å². The number of rotatable bonds is 3. The molecule has 1 aromatic rings. The lowest BCUT2D eigenvalue weighted by atomic mass is 9.83. The molecule has 0 aromatic heterocycles. The third-order valence-corrected chi connectivity index (χ3v) is 6.51. The third-order valence-electron chi connectivity index (χ3n) is 3.69. The van der Waals surface area contributed by atoms with Crippen LogP contribution in [0.1, 0.15) is 19.8 Å². The van der Waals surface area contributed by atoms with E-state index >= 15 is 0 Å². The number of hydrogen-bond donors (Lipinski definition) is 1. The van der Waals surface area contributed by atoms with Crippen LogP contribution >= 0.6 is 27.5 Å². The van der Waals surface area contributed by atoms with Crippen molar-refractivity contribution in [2.75, 3.05) is 13.1 Å². The molecule has 8 heteroatoms. The van der Waals surface area contributed by atoms with E-state index in [1.165, 1.54) is 16.4 Å². The summed E-state index contributed by atoms with van der Waals surface area (Å²) in [4.78, 5) is 11.3. The number of hydrogen-bond acceptors (Lipinski definition) is 3. The van der Waals surface area contributed by atoms with Crippen LogP contribution < -0.4 is 0 Å². The molecule has 0 amide bonds. The lowest BCUT2D eigenvalue weighted by molar-refractivity contribution is -0.150. The standard InChI is InChI=1S/C13H15BrClNO4S/c1-13(12(17)18)5-2-6-16(8-13)21(19,20)11-4-3-9(14)7-10(11)15/h3-4,7H,2,5-6,8H2,1H3,(H,17,18). The summed E-state index contributed by atoms with van der Waals surface area (Å²) in [7, 11) is -3.80. The second kappa shape index (κ2) is 5.87. The Hall–Kier alpha value is -0.630. The molecule has 5 nitrogen and oxygen atoms in total. The number of carbonyl (C=O) groups is 1. The van der Waals surface area contributed by atoms with Gasteiger partial charge in [-0.2, -0.15) is 4.31 Å². The van der Waals surface area contributed by atoms with Gasteiger partial charge in [0.25, 0.3) is 0 Å². The zero-order valence-corrected chi connectivity index (χ0v) is 14.5. The molecule has 0 spiro atoms. The first-order valence-corrected chi connectivity index (χ1v) is 8.96. The highest BCUT2D eigenvalue weighted by Crippen LogP contribution is 2.35. The molecule has 1 aliphatic rings. The van der Waals surface area contributed by atoms with Gasteiger partial charge in [-0.05, 0) is 38.0 Å². The van der Waals surface area contributed by atoms with E-state index in [1.807, 2.05) is 0 Å². The second-order valence-corrected chi connectivity index (χ2v) is 8.61. The van der Waals surface area contributed by atoms with Crippen molar-refractivity contribution in [2.45, 2.75) is 24.7 Å². The van der Waals surface area contributed by atoms with Crippen LogP contribution in [0.3, 0.4) is 0 Å². The molecule has 1 N–H and O–H groups in total. The van der Waals surface area contributed by atoms with Crippen molar-refractivity contribution in [3.63, 3.8) is 0 Å². The maximum absolute atomic E-state index is 12.7. The van der Waals surface area contributed by atoms with Gasteiger partial charge in [0.15, 0.2) is 0 Å². The quantitative estimate of drug-likeness (QED) is 0.852. The van der Waals surface area contributed by atoms with Gasteiger partial charge in [-0.15, -0.1) is 0 Å². The molecule has 1 fully saturated rings. The summed E-state index contributed by atoms with van der Waals surface area (Å²) < 4.78 is 27.2. The van der Waals surface area contributed by atoms with Crippen LogP contribution in [0, 0.1) is 5.41 Å². The number of carboxylic acid groups (broad SMARTS) is 1. The highest BCUT2D eigenvalue weighted by atomic mass is 79.9. The molecule has 116 valence electrons. The van der Waals surface area contributed by atoms with E-state index < -0.39 is 21.4 Å². The van der Waals surface area contributed by atoms with Crippen molar-refractivity contribution in [1.82, 2.24) is 4.31 Å². The summed E-state index contributed by atoms with van der Waals surface area (Å²) in [5, 5.41) is 9.41. The lowest BCUT2D eigenvalue weighted by Crippen LogP contribution is -2.48. The average Bonchev–Trinajstić information content (AvgIpc) is 2.38. The first kappa shape index (κ1) is 16.7. The van der Waals surface area contributed by atoms with Gasteiger partial charge < -0.3 is 5.11 Å². The van der Waals surface area contributed by atoms with Gasteiger partial charge in [-0.1, -0.05) is 27.5 Å². The van der Waals surface area contributed by atoms with Crippen molar-refractivity contribution < 1.29 is 18.3 Å². The molecule has 1 aliphatic heterocycles. The Labute approximate surface area is 137 Å². The number of aliphatic carboxylic acids is 1. The molecule has 1 atom stereocenters. The Morgan fingerprint density at radius 1 is 1.48 bits per heavy atom. The van der Waals surface area contributed by atoms with Gasteiger partial charge in [-0.3, -0.25) is 4.79 Å². The predicted octanol–water partition coefficient (Wildman–Crippen LogP) is 2.98. The van der Waals surface area contributed by atoms with Crippen molar-refractivity contribution in [1.29, 1.82) is 0 Å². The van der Waals surface area contributed by atoms with E-state index in [0.29, 0.717) is 23.9 Å². The Balaban J connectivity index is 2.37. The average molecular weight is 397 g/mol. The fourth-order valence-electron chi connectivity index (χ4n) is 2.40. The Morgan fingerprint density at radius 3 is 2.71 bits per heavy atom. The molecule has 2 rings (SSSR count). The Bertz CT molecular complexity index is 679. The summed E-state index contributed by atoms with van der Waals surface area (Å²) in [6.07, 6.45) is 0.971. The fourth-order valence-corrected chi connectivity index (χ4v) is 5.01. The molecule has 0 aliphatic carbocycles. The molecule has 0 radical (unpaired) electrons. The van der Waals surface area contributed by atoms with E-state index in [9.17, 15) is 18.3 Å². The van der Waals surface area contributed by atoms with Crippen LogP contribution in [-0.4, -0.2) is 36.9 Å². The van der Waals surface area contributed by atoms with Gasteiger partial charge in [0.2, 0.25) is 10.0 Å². The minimum Gasteiger partial charge on any atom is -0.481 e. The Kier molecular flexibility index (Phi) is 4.68. The zero-order valence-electron chi connectivity index (χ0n) is 11.3. The lowest BCUT2D eigenvalue weighted by Gasteiger charge is -2.36. The van der Waals surface area contributed by atoms with E-state index in [-0.39, 0.29) is 16.5 Å². The minimum atomic E-state index is -3.80. The summed E-state index contributed by atoms with van der Waals surface area (Å²) in [6, 6.07) is 4.53. The van der Waals surface area contributed by atoms with E-state index in [4.69, 9.17) is 11.6 Å². The van der Waals surface area contributed by atoms with Gasteiger partial charge >= 0.3 is 5.97 Å². The van der Waals surface area contributed by atoms with Crippen LogP contribution in [0.25, 0.3) is 0 Å². The van der Waals surface area contributed by atoms with Gasteiger partial charge in [0.1, 0.15) is 4.90 Å². The normalized spacial score (nSPS) is 24.0. The number of sulfonamides is 1. The molecule has 0 saturated carbocycles. The summed E-state index contributed by atoms with van der Waals surface area (Å²) in [5.41, 5.74) is -1.06. The van der Waals surface area contributed by atoms with Crippen LogP contribution in [0.15, 0.2) is 27.6 Å². The third kappa shape index (κ3) is 3.26. The van der Waals surface area contributed by atoms with Crippen molar-refractivity contribution in [2.24, 2.45) is 5.41 Å². The Morgan fingerprint density at radius 2 is 2.14 bits per heavy atom. The maximum Gasteiger partial charge on any atom is 0.310 e. The highest BCUT2D eigenvalue weighted by Gasteiger charge is 2.42. The molecule has 1 heterocycles. The second-order valence-electron chi connectivity index (χ2n) is 5.38. The zero-order chi connectivity index (χ0) is 15.8. The van der Waals surface area contributed by atoms with E-state index in [2.05, 4.69) is 15.9 Å². The molecular weight excluding hydrogens is 382 g/mol. The first-order chi connectivity index (χ1) is 9.67. The van der Waals surface area contributed by atoms with E-state index in [1.54, 1.807) is 13.0 Å². The van der Waals surface area contributed by atoms with Crippen LogP contribution in [0.4, 0.5) is 0 Å². The monoisotopic (exact) mass is 395 g/mol. The number of nitrogens with zero attached hydrogens (tertiary/aromatic N) is 1. The molecule has 1 aromatic carbocycles. The molecule has 1 unspecified atom stereocenters. The fraction of sp³-hybridized carbons (Fsp3) is 0.462. The SMILES string of the molecule is CC1(C(=O)O)CCCN(S(=O)(=O)c2ccc(Br)cc2Cl)C1. The van der Waals surface area contributed by atoms with Crippen molar-refractivity contribution in [3.05, 3.63) is 27.7 Å². The van der Waals surface area contributed by atoms with Crippen LogP contribution in [0.2, 0.25) is 5.02 Å². The number of halogens is 2. The maximum atomic E-state index is 12.7. The van der Waals surface area contributed by atoms with Crippen molar-refractivity contribution >= 4 is 43.5 Å². The number of benzene rings is 1. The van der Waals surface area contributed by atoms with Crippen LogP contribution in [0.5, 0.6) is 0 Å². The molecule has 1 saturated heterocycles. The summed E-state index contributed by atoms with van der Waals surface area (Å²) in [6.45, 7) is 1.83. The number of piperidine rings is 1. The minimum absolute atomic E-state index is 0.00186. The van der Waals surface area contributed by atoms with Crippen LogP contribution in [-0.2, 0) is 14.8 Å². The largest absolute Gasteiger partial charge is 0.481 e. The topological polar surface area (TPSA) is 74.7 Å². The summed E-state index contributed by atoms with van der Waals surface area (Å²) in [5.74, 6) is -0.982.